The summed E-state index contributed by atoms with van der Waals surface area (Å²) in [4.78, 5) is 0. The van der Waals surface area contributed by atoms with Gasteiger partial charge in [-0.3, -0.25) is 0 Å². The molecule has 1 aromatic rings. The van der Waals surface area contributed by atoms with E-state index in [-0.39, 0.29) is 0 Å². The highest BCUT2D eigenvalue weighted by Crippen LogP contribution is 2.08. The van der Waals surface area contributed by atoms with E-state index >= 15 is 0 Å². The van der Waals surface area contributed by atoms with E-state index in [2.05, 4.69) is 0 Å². The Bertz CT molecular complexity index is 277. The maximum atomic E-state index is 5.60. The van der Waals surface area contributed by atoms with Crippen molar-refractivity contribution in [1.29, 1.82) is 0 Å². The first kappa shape index (κ1) is 15.0. The van der Waals surface area contributed by atoms with E-state index in [4.69, 9.17) is 15.2 Å². The van der Waals surface area contributed by atoms with E-state index in [0.717, 1.165) is 57.8 Å². The van der Waals surface area contributed by atoms with Gasteiger partial charge in [-0.15, -0.1) is 0 Å². The third-order valence-corrected chi connectivity index (χ3v) is 2.69. The van der Waals surface area contributed by atoms with Gasteiger partial charge < -0.3 is 15.2 Å². The van der Waals surface area contributed by atoms with E-state index in [1.807, 2.05) is 30.3 Å². The summed E-state index contributed by atoms with van der Waals surface area (Å²) in [5, 5.41) is 0. The molecule has 0 aliphatic carbocycles. The van der Waals surface area contributed by atoms with E-state index in [9.17, 15) is 0 Å². The van der Waals surface area contributed by atoms with Crippen LogP contribution in [0.3, 0.4) is 0 Å². The second-order valence-electron chi connectivity index (χ2n) is 4.33. The van der Waals surface area contributed by atoms with Gasteiger partial charge >= 0.3 is 0 Å². The summed E-state index contributed by atoms with van der Waals surface area (Å²) in [6.45, 7) is 3.25. The zero-order valence-corrected chi connectivity index (χ0v) is 11.1. The molecule has 0 saturated carbocycles. The molecule has 0 spiro atoms. The predicted octanol–water partition coefficient (Wildman–Crippen LogP) is 2.99. The largest absolute Gasteiger partial charge is 0.494 e. The minimum atomic E-state index is 0.764. The molecule has 0 aliphatic rings. The van der Waals surface area contributed by atoms with Gasteiger partial charge in [0, 0.05) is 13.2 Å². The third kappa shape index (κ3) is 8.09. The second-order valence-corrected chi connectivity index (χ2v) is 4.33. The third-order valence-electron chi connectivity index (χ3n) is 2.69. The molecule has 18 heavy (non-hydrogen) atoms. The molecule has 0 aliphatic heterocycles. The van der Waals surface area contributed by atoms with Crippen LogP contribution in [0.2, 0.25) is 0 Å². The second kappa shape index (κ2) is 11.1. The van der Waals surface area contributed by atoms with Gasteiger partial charge in [-0.2, -0.15) is 0 Å². The lowest BCUT2D eigenvalue weighted by Crippen LogP contribution is -2.03. The summed E-state index contributed by atoms with van der Waals surface area (Å²) in [6, 6.07) is 9.92. The zero-order valence-electron chi connectivity index (χ0n) is 11.1. The topological polar surface area (TPSA) is 44.5 Å². The molecule has 0 heterocycles. The van der Waals surface area contributed by atoms with Crippen LogP contribution >= 0.6 is 0 Å². The summed E-state index contributed by atoms with van der Waals surface area (Å²) >= 11 is 0. The SMILES string of the molecule is NCCCCCOCCCCOc1ccccc1. The first-order valence-electron chi connectivity index (χ1n) is 6.89. The molecule has 3 nitrogen and oxygen atoms in total. The molecule has 0 bridgehead atoms. The van der Waals surface area contributed by atoms with Crippen molar-refractivity contribution in [2.24, 2.45) is 5.73 Å². The number of ether oxygens (including phenoxy) is 2. The summed E-state index contributed by atoms with van der Waals surface area (Å²) in [7, 11) is 0. The van der Waals surface area contributed by atoms with Gasteiger partial charge in [0.15, 0.2) is 0 Å². The summed E-state index contributed by atoms with van der Waals surface area (Å²) in [6.07, 6.45) is 5.50. The Morgan fingerprint density at radius 2 is 1.44 bits per heavy atom. The highest BCUT2D eigenvalue weighted by molar-refractivity contribution is 5.20. The van der Waals surface area contributed by atoms with Gasteiger partial charge in [0.25, 0.3) is 0 Å². The van der Waals surface area contributed by atoms with Gasteiger partial charge in [0.05, 0.1) is 6.61 Å². The first-order valence-corrected chi connectivity index (χ1v) is 6.89. The molecule has 0 radical (unpaired) electrons. The number of hydrogen-bond acceptors (Lipinski definition) is 3. The minimum Gasteiger partial charge on any atom is -0.494 e. The molecule has 0 unspecified atom stereocenters. The van der Waals surface area contributed by atoms with E-state index in [0.29, 0.717) is 0 Å². The van der Waals surface area contributed by atoms with Crippen molar-refractivity contribution >= 4 is 0 Å². The number of unbranched alkanes of at least 4 members (excludes halogenated alkanes) is 3. The van der Waals surface area contributed by atoms with E-state index < -0.39 is 0 Å². The van der Waals surface area contributed by atoms with Crippen molar-refractivity contribution in [3.63, 3.8) is 0 Å². The molecular weight excluding hydrogens is 226 g/mol. The van der Waals surface area contributed by atoms with Crippen molar-refractivity contribution in [1.82, 2.24) is 0 Å². The number of rotatable bonds is 11. The highest BCUT2D eigenvalue weighted by Gasteiger charge is 1.93. The van der Waals surface area contributed by atoms with Crippen molar-refractivity contribution in [2.45, 2.75) is 32.1 Å². The number of para-hydroxylation sites is 1. The number of benzene rings is 1. The average molecular weight is 251 g/mol. The quantitative estimate of drug-likeness (QED) is 0.615. The fraction of sp³-hybridized carbons (Fsp3) is 0.600. The molecule has 0 amide bonds. The highest BCUT2D eigenvalue weighted by atomic mass is 16.5. The fourth-order valence-corrected chi connectivity index (χ4v) is 1.64. The zero-order chi connectivity index (χ0) is 12.9. The average Bonchev–Trinajstić information content (AvgIpc) is 2.42. The molecule has 1 rings (SSSR count). The van der Waals surface area contributed by atoms with E-state index in [1.54, 1.807) is 0 Å². The van der Waals surface area contributed by atoms with Crippen LogP contribution in [0.4, 0.5) is 0 Å². The molecule has 0 atom stereocenters. The van der Waals surface area contributed by atoms with Crippen molar-refractivity contribution in [2.75, 3.05) is 26.4 Å². The lowest BCUT2D eigenvalue weighted by Gasteiger charge is -2.06. The maximum Gasteiger partial charge on any atom is 0.119 e. The Morgan fingerprint density at radius 3 is 2.17 bits per heavy atom. The van der Waals surface area contributed by atoms with Crippen LogP contribution in [0.15, 0.2) is 30.3 Å². The van der Waals surface area contributed by atoms with Crippen LogP contribution < -0.4 is 10.5 Å². The van der Waals surface area contributed by atoms with Crippen LogP contribution in [-0.2, 0) is 4.74 Å². The standard InChI is InChI=1S/C15H25NO2/c16-11-5-2-6-12-17-13-7-8-14-18-15-9-3-1-4-10-15/h1,3-4,9-10H,2,5-8,11-14,16H2. The smallest absolute Gasteiger partial charge is 0.119 e. The Balaban J connectivity index is 1.82. The molecule has 1 aromatic carbocycles. The van der Waals surface area contributed by atoms with Crippen LogP contribution in [0.25, 0.3) is 0 Å². The summed E-state index contributed by atoms with van der Waals surface area (Å²) in [5.41, 5.74) is 5.42. The normalized spacial score (nSPS) is 10.5. The van der Waals surface area contributed by atoms with Gasteiger partial charge in [-0.1, -0.05) is 18.2 Å². The Labute approximate surface area is 110 Å². The lowest BCUT2D eigenvalue weighted by atomic mass is 10.2. The summed E-state index contributed by atoms with van der Waals surface area (Å²) in [5.74, 6) is 0.945. The Kier molecular flexibility index (Phi) is 9.21. The number of nitrogens with two attached hydrogens (primary N) is 1. The van der Waals surface area contributed by atoms with E-state index in [1.165, 1.54) is 6.42 Å². The Hall–Kier alpha value is -1.06. The van der Waals surface area contributed by atoms with Crippen LogP contribution in [0, 0.1) is 0 Å². The molecular formula is C15H25NO2. The molecule has 3 heteroatoms. The lowest BCUT2D eigenvalue weighted by molar-refractivity contribution is 0.122. The monoisotopic (exact) mass is 251 g/mol. The van der Waals surface area contributed by atoms with Crippen molar-refractivity contribution in [3.05, 3.63) is 30.3 Å². The summed E-state index contributed by atoms with van der Waals surface area (Å²) < 4.78 is 11.1. The molecule has 0 aromatic heterocycles. The molecule has 2 N–H and O–H groups in total. The van der Waals surface area contributed by atoms with Crippen LogP contribution in [-0.4, -0.2) is 26.4 Å². The maximum absolute atomic E-state index is 5.60. The van der Waals surface area contributed by atoms with Crippen molar-refractivity contribution in [3.8, 4) is 5.75 Å². The van der Waals surface area contributed by atoms with Gasteiger partial charge in [-0.25, -0.2) is 0 Å². The van der Waals surface area contributed by atoms with Crippen LogP contribution in [0.1, 0.15) is 32.1 Å². The fourth-order valence-electron chi connectivity index (χ4n) is 1.64. The Morgan fingerprint density at radius 1 is 0.778 bits per heavy atom. The molecule has 0 saturated heterocycles. The minimum absolute atomic E-state index is 0.764. The van der Waals surface area contributed by atoms with Crippen molar-refractivity contribution < 1.29 is 9.47 Å². The molecule has 0 fully saturated rings. The van der Waals surface area contributed by atoms with Crippen LogP contribution in [0.5, 0.6) is 5.75 Å². The predicted molar refractivity (Wildman–Crippen MR) is 74.9 cm³/mol. The van der Waals surface area contributed by atoms with Gasteiger partial charge in [-0.05, 0) is 50.8 Å². The molecule has 102 valence electrons. The first-order chi connectivity index (χ1) is 8.93. The number of hydrogen-bond donors (Lipinski definition) is 1. The van der Waals surface area contributed by atoms with Gasteiger partial charge in [0.1, 0.15) is 5.75 Å². The van der Waals surface area contributed by atoms with Gasteiger partial charge in [0.2, 0.25) is 0 Å².